The van der Waals surface area contributed by atoms with Gasteiger partial charge in [-0.05, 0) is 71.7 Å². The molecule has 1 spiro atoms. The van der Waals surface area contributed by atoms with E-state index in [4.69, 9.17) is 0 Å². The summed E-state index contributed by atoms with van der Waals surface area (Å²) >= 11 is 3.24. The Morgan fingerprint density at radius 2 is 2.19 bits per heavy atom. The summed E-state index contributed by atoms with van der Waals surface area (Å²) in [6.07, 6.45) is 4.01. The molecule has 2 aliphatic rings. The molecule has 4 nitrogen and oxygen atoms in total. The Kier molecular flexibility index (Phi) is 3.79. The molecule has 2 fully saturated rings. The van der Waals surface area contributed by atoms with E-state index in [-0.39, 0.29) is 0 Å². The largest absolute Gasteiger partial charge is 0.317 e. The maximum Gasteiger partial charge on any atom is 0.0895 e. The predicted molar refractivity (Wildman–Crippen MR) is 86.4 cm³/mol. The fourth-order valence-corrected chi connectivity index (χ4v) is 4.76. The lowest BCUT2D eigenvalue weighted by Gasteiger charge is -2.29. The molecule has 1 saturated carbocycles. The molecular formula is C15H20N4S2. The Morgan fingerprint density at radius 1 is 1.29 bits per heavy atom. The van der Waals surface area contributed by atoms with Gasteiger partial charge in [-0.3, -0.25) is 4.90 Å². The molecule has 3 heterocycles. The van der Waals surface area contributed by atoms with Gasteiger partial charge in [0.2, 0.25) is 0 Å². The van der Waals surface area contributed by atoms with Crippen LogP contribution in [0.3, 0.4) is 0 Å². The third kappa shape index (κ3) is 2.90. The first-order valence-electron chi connectivity index (χ1n) is 7.58. The van der Waals surface area contributed by atoms with Gasteiger partial charge in [0.1, 0.15) is 0 Å². The van der Waals surface area contributed by atoms with Gasteiger partial charge in [0.05, 0.1) is 5.69 Å². The molecule has 21 heavy (non-hydrogen) atoms. The number of hydrogen-bond donors (Lipinski definition) is 1. The van der Waals surface area contributed by atoms with Crippen molar-refractivity contribution in [2.24, 2.45) is 5.41 Å². The highest BCUT2D eigenvalue weighted by atomic mass is 32.1. The number of piperidine rings is 1. The van der Waals surface area contributed by atoms with Crippen molar-refractivity contribution in [3.8, 4) is 0 Å². The molecule has 0 unspecified atom stereocenters. The summed E-state index contributed by atoms with van der Waals surface area (Å²) in [6, 6.07) is 2.97. The summed E-state index contributed by atoms with van der Waals surface area (Å²) in [5.41, 5.74) is 3.12. The van der Waals surface area contributed by atoms with E-state index in [9.17, 15) is 0 Å². The first-order chi connectivity index (χ1) is 10.4. The van der Waals surface area contributed by atoms with Crippen LogP contribution in [-0.2, 0) is 13.1 Å². The standard InChI is InChI=1S/C15H20N4S2/c1-6-20-10-12(1)8-19(9-13-11-21-18-17-13)14-7-15(14)2-4-16-5-3-15/h1,6,10-11,14,16H,2-5,7-9H2/t14-/m0/s1. The molecule has 6 heteroatoms. The van der Waals surface area contributed by atoms with E-state index in [1.807, 2.05) is 0 Å². The Balaban J connectivity index is 1.50. The van der Waals surface area contributed by atoms with Crippen LogP contribution < -0.4 is 5.32 Å². The molecule has 4 rings (SSSR count). The Hall–Kier alpha value is -0.820. The van der Waals surface area contributed by atoms with Gasteiger partial charge in [0.15, 0.2) is 0 Å². The van der Waals surface area contributed by atoms with Crippen molar-refractivity contribution in [3.63, 3.8) is 0 Å². The monoisotopic (exact) mass is 320 g/mol. The molecule has 0 amide bonds. The Bertz CT molecular complexity index is 524. The van der Waals surface area contributed by atoms with Crippen molar-refractivity contribution in [1.29, 1.82) is 0 Å². The molecule has 1 saturated heterocycles. The molecule has 2 aromatic rings. The highest BCUT2D eigenvalue weighted by Crippen LogP contribution is 2.56. The van der Waals surface area contributed by atoms with Crippen LogP contribution in [0.5, 0.6) is 0 Å². The molecule has 1 N–H and O–H groups in total. The zero-order chi connectivity index (χ0) is 14.1. The van der Waals surface area contributed by atoms with Gasteiger partial charge in [0.25, 0.3) is 0 Å². The van der Waals surface area contributed by atoms with E-state index >= 15 is 0 Å². The summed E-state index contributed by atoms with van der Waals surface area (Å²) in [5.74, 6) is 0. The molecule has 0 aromatic carbocycles. The Morgan fingerprint density at radius 3 is 2.90 bits per heavy atom. The van der Waals surface area contributed by atoms with E-state index in [2.05, 4.69) is 42.0 Å². The van der Waals surface area contributed by atoms with Gasteiger partial charge in [-0.1, -0.05) is 4.49 Å². The maximum atomic E-state index is 4.25. The molecule has 112 valence electrons. The maximum absolute atomic E-state index is 4.25. The normalized spacial score (nSPS) is 23.8. The predicted octanol–water partition coefficient (Wildman–Crippen LogP) is 2.74. The summed E-state index contributed by atoms with van der Waals surface area (Å²) in [6.45, 7) is 4.34. The number of nitrogens with one attached hydrogen (secondary N) is 1. The van der Waals surface area contributed by atoms with Crippen molar-refractivity contribution >= 4 is 22.9 Å². The average Bonchev–Trinajstić information content (AvgIpc) is 2.96. The van der Waals surface area contributed by atoms with Crippen molar-refractivity contribution < 1.29 is 0 Å². The van der Waals surface area contributed by atoms with Gasteiger partial charge < -0.3 is 5.32 Å². The quantitative estimate of drug-likeness (QED) is 0.920. The fourth-order valence-electron chi connectivity index (χ4n) is 3.66. The van der Waals surface area contributed by atoms with Crippen LogP contribution >= 0.6 is 22.9 Å². The van der Waals surface area contributed by atoms with Gasteiger partial charge in [-0.2, -0.15) is 11.3 Å². The van der Waals surface area contributed by atoms with Gasteiger partial charge in [-0.25, -0.2) is 0 Å². The van der Waals surface area contributed by atoms with Crippen molar-refractivity contribution in [2.45, 2.75) is 38.4 Å². The lowest BCUT2D eigenvalue weighted by molar-refractivity contribution is 0.186. The highest BCUT2D eigenvalue weighted by Gasteiger charge is 2.56. The zero-order valence-electron chi connectivity index (χ0n) is 12.0. The second-order valence-electron chi connectivity index (χ2n) is 6.27. The molecule has 2 aromatic heterocycles. The Labute approximate surface area is 133 Å². The molecule has 0 radical (unpaired) electrons. The lowest BCUT2D eigenvalue weighted by atomic mass is 9.93. The van der Waals surface area contributed by atoms with Crippen LogP contribution in [-0.4, -0.2) is 33.6 Å². The van der Waals surface area contributed by atoms with Crippen LogP contribution in [0.4, 0.5) is 0 Å². The second kappa shape index (κ2) is 5.76. The first-order valence-corrected chi connectivity index (χ1v) is 9.35. The minimum absolute atomic E-state index is 0.574. The van der Waals surface area contributed by atoms with Gasteiger partial charge in [0, 0.05) is 24.5 Å². The highest BCUT2D eigenvalue weighted by molar-refractivity contribution is 7.07. The first kappa shape index (κ1) is 13.8. The summed E-state index contributed by atoms with van der Waals surface area (Å²) < 4.78 is 4.01. The zero-order valence-corrected chi connectivity index (χ0v) is 13.6. The van der Waals surface area contributed by atoms with Crippen LogP contribution in [0.1, 0.15) is 30.5 Å². The van der Waals surface area contributed by atoms with Gasteiger partial charge >= 0.3 is 0 Å². The van der Waals surface area contributed by atoms with Crippen molar-refractivity contribution in [3.05, 3.63) is 33.5 Å². The second-order valence-corrected chi connectivity index (χ2v) is 7.65. The molecular weight excluding hydrogens is 300 g/mol. The third-order valence-corrected chi connectivity index (χ3v) is 6.21. The third-order valence-electron chi connectivity index (χ3n) is 4.92. The number of hydrogen-bond acceptors (Lipinski definition) is 6. The summed E-state index contributed by atoms with van der Waals surface area (Å²) in [4.78, 5) is 2.63. The van der Waals surface area contributed by atoms with Crippen LogP contribution in [0.2, 0.25) is 0 Å². The SMILES string of the molecule is c1cc(CN(Cc2csnn2)[C@H]2CC23CCNCC3)cs1. The van der Waals surface area contributed by atoms with E-state index in [0.29, 0.717) is 5.41 Å². The van der Waals surface area contributed by atoms with Crippen LogP contribution in [0, 0.1) is 5.41 Å². The fraction of sp³-hybridized carbons (Fsp3) is 0.600. The van der Waals surface area contributed by atoms with Crippen LogP contribution in [0.15, 0.2) is 22.2 Å². The number of thiophene rings is 1. The topological polar surface area (TPSA) is 41.1 Å². The van der Waals surface area contributed by atoms with E-state index in [1.54, 1.807) is 11.3 Å². The number of rotatable bonds is 5. The van der Waals surface area contributed by atoms with E-state index in [1.165, 1.54) is 49.4 Å². The molecule has 0 bridgehead atoms. The lowest BCUT2D eigenvalue weighted by Crippen LogP contribution is -2.35. The minimum Gasteiger partial charge on any atom is -0.317 e. The minimum atomic E-state index is 0.574. The van der Waals surface area contributed by atoms with E-state index in [0.717, 1.165) is 24.8 Å². The smallest absolute Gasteiger partial charge is 0.0895 e. The number of nitrogens with zero attached hydrogens (tertiary/aromatic N) is 3. The molecule has 1 aliphatic heterocycles. The average molecular weight is 320 g/mol. The molecule has 1 atom stereocenters. The summed E-state index contributed by atoms with van der Waals surface area (Å²) in [5, 5.41) is 14.3. The number of aromatic nitrogens is 2. The van der Waals surface area contributed by atoms with Crippen molar-refractivity contribution in [1.82, 2.24) is 19.8 Å². The molecule has 1 aliphatic carbocycles. The van der Waals surface area contributed by atoms with Crippen molar-refractivity contribution in [2.75, 3.05) is 13.1 Å². The van der Waals surface area contributed by atoms with Crippen LogP contribution in [0.25, 0.3) is 0 Å². The summed E-state index contributed by atoms with van der Waals surface area (Å²) in [7, 11) is 0. The van der Waals surface area contributed by atoms with E-state index < -0.39 is 0 Å². The van der Waals surface area contributed by atoms with Gasteiger partial charge in [-0.15, -0.1) is 5.10 Å².